The van der Waals surface area contributed by atoms with Gasteiger partial charge in [-0.05, 0) is 30.0 Å². The van der Waals surface area contributed by atoms with E-state index in [4.69, 9.17) is 0 Å². The smallest absolute Gasteiger partial charge is 0.325 e. The summed E-state index contributed by atoms with van der Waals surface area (Å²) in [6.45, 7) is 0. The number of para-hydroxylation sites is 1. The summed E-state index contributed by atoms with van der Waals surface area (Å²) in [4.78, 5) is 12.9. The Morgan fingerprint density at radius 3 is 2.55 bits per heavy atom. The van der Waals surface area contributed by atoms with Gasteiger partial charge in [0.2, 0.25) is 5.91 Å². The molecule has 1 amide bonds. The molecule has 0 aromatic heterocycles. The number of hydrogen-bond acceptors (Lipinski definition) is 2. The van der Waals surface area contributed by atoms with Crippen molar-refractivity contribution in [2.45, 2.75) is 17.5 Å². The Kier molecular flexibility index (Phi) is 5.13. The molecule has 6 heteroatoms. The summed E-state index contributed by atoms with van der Waals surface area (Å²) < 4.78 is 37.9. The first-order valence-electron chi connectivity index (χ1n) is 6.49. The van der Waals surface area contributed by atoms with Gasteiger partial charge in [0.05, 0.1) is 17.7 Å². The summed E-state index contributed by atoms with van der Waals surface area (Å²) in [6.07, 6.45) is -2.62. The highest BCUT2D eigenvalue weighted by atomic mass is 32.2. The van der Waals surface area contributed by atoms with Crippen LogP contribution in [-0.2, 0) is 17.4 Å². The van der Waals surface area contributed by atoms with Crippen LogP contribution in [0, 0.1) is 0 Å². The van der Waals surface area contributed by atoms with Crippen LogP contribution in [0.25, 0.3) is 0 Å². The molecule has 2 nitrogen and oxygen atoms in total. The van der Waals surface area contributed by atoms with Gasteiger partial charge in [0, 0.05) is 4.90 Å². The van der Waals surface area contributed by atoms with E-state index in [2.05, 4.69) is 5.32 Å². The topological polar surface area (TPSA) is 29.1 Å². The highest BCUT2D eigenvalue weighted by Gasteiger charge is 2.30. The molecule has 0 bridgehead atoms. The van der Waals surface area contributed by atoms with Crippen molar-refractivity contribution in [3.8, 4) is 0 Å². The van der Waals surface area contributed by atoms with Crippen LogP contribution in [0.3, 0.4) is 0 Å². The number of alkyl halides is 3. The number of carbonyl (C=O) groups is 1. The van der Waals surface area contributed by atoms with Crippen molar-refractivity contribution in [3.63, 3.8) is 0 Å². The van der Waals surface area contributed by atoms with Crippen LogP contribution in [-0.4, -0.2) is 12.2 Å². The molecule has 0 aliphatic heterocycles. The second-order valence-corrected chi connectivity index (χ2v) is 5.47. The quantitative estimate of drug-likeness (QED) is 0.832. The number of nitrogens with one attached hydrogen (secondary N) is 1. The van der Waals surface area contributed by atoms with Gasteiger partial charge in [-0.1, -0.05) is 30.3 Å². The number of amides is 1. The van der Waals surface area contributed by atoms with E-state index in [-0.39, 0.29) is 12.3 Å². The molecule has 0 unspecified atom stereocenters. The number of benzene rings is 2. The Morgan fingerprint density at radius 2 is 1.86 bits per heavy atom. The van der Waals surface area contributed by atoms with Crippen LogP contribution in [0.4, 0.5) is 18.9 Å². The van der Waals surface area contributed by atoms with Crippen LogP contribution in [0.2, 0.25) is 0 Å². The molecule has 2 rings (SSSR count). The lowest BCUT2D eigenvalue weighted by Gasteiger charge is -2.11. The Bertz CT molecular complexity index is 670. The van der Waals surface area contributed by atoms with Crippen molar-refractivity contribution in [2.75, 3.05) is 11.6 Å². The van der Waals surface area contributed by atoms with Crippen molar-refractivity contribution < 1.29 is 18.0 Å². The zero-order chi connectivity index (χ0) is 16.2. The van der Waals surface area contributed by atoms with Crippen molar-refractivity contribution in [3.05, 3.63) is 59.7 Å². The maximum Gasteiger partial charge on any atom is 0.416 e. The lowest BCUT2D eigenvalue weighted by atomic mass is 10.1. The van der Waals surface area contributed by atoms with Gasteiger partial charge < -0.3 is 5.32 Å². The van der Waals surface area contributed by atoms with Crippen molar-refractivity contribution in [1.82, 2.24) is 0 Å². The Labute approximate surface area is 130 Å². The van der Waals surface area contributed by atoms with Crippen LogP contribution in [0.1, 0.15) is 11.1 Å². The number of anilines is 1. The molecule has 0 atom stereocenters. The summed E-state index contributed by atoms with van der Waals surface area (Å²) in [5.41, 5.74) is 0.239. The Morgan fingerprint density at radius 1 is 1.14 bits per heavy atom. The third-order valence-corrected chi connectivity index (χ3v) is 3.80. The molecule has 0 spiro atoms. The van der Waals surface area contributed by atoms with E-state index >= 15 is 0 Å². The lowest BCUT2D eigenvalue weighted by molar-refractivity contribution is -0.137. The number of carbonyl (C=O) groups excluding carboxylic acids is 1. The fourth-order valence-electron chi connectivity index (χ4n) is 1.99. The van der Waals surface area contributed by atoms with E-state index in [9.17, 15) is 18.0 Å². The molecule has 2 aromatic carbocycles. The molecule has 1 N–H and O–H groups in total. The fraction of sp³-hybridized carbons (Fsp3) is 0.188. The van der Waals surface area contributed by atoms with Gasteiger partial charge in [0.15, 0.2) is 0 Å². The standard InChI is InChI=1S/C16H14F3NOS/c1-22-14-8-3-2-7-13(14)20-15(21)10-11-5-4-6-12(9-11)16(17,18)19/h2-9H,10H2,1H3,(H,20,21). The zero-order valence-corrected chi connectivity index (χ0v) is 12.6. The largest absolute Gasteiger partial charge is 0.416 e. The normalized spacial score (nSPS) is 11.3. The molecule has 116 valence electrons. The molecule has 0 saturated carbocycles. The van der Waals surface area contributed by atoms with E-state index in [0.717, 1.165) is 17.0 Å². The minimum atomic E-state index is -4.40. The first-order valence-corrected chi connectivity index (χ1v) is 7.71. The summed E-state index contributed by atoms with van der Waals surface area (Å²) in [5, 5.41) is 2.73. The SMILES string of the molecule is CSc1ccccc1NC(=O)Cc1cccc(C(F)(F)F)c1. The van der Waals surface area contributed by atoms with Crippen molar-refractivity contribution >= 4 is 23.4 Å². The second kappa shape index (κ2) is 6.87. The monoisotopic (exact) mass is 325 g/mol. The second-order valence-electron chi connectivity index (χ2n) is 4.62. The first kappa shape index (κ1) is 16.4. The van der Waals surface area contributed by atoms with Crippen molar-refractivity contribution in [1.29, 1.82) is 0 Å². The van der Waals surface area contributed by atoms with Gasteiger partial charge in [0.25, 0.3) is 0 Å². The minimum Gasteiger partial charge on any atom is -0.325 e. The minimum absolute atomic E-state index is 0.105. The molecule has 2 aromatic rings. The number of rotatable bonds is 4. The third kappa shape index (κ3) is 4.27. The Hall–Kier alpha value is -1.95. The van der Waals surface area contributed by atoms with E-state index in [0.29, 0.717) is 11.3 Å². The van der Waals surface area contributed by atoms with Gasteiger partial charge in [0.1, 0.15) is 0 Å². The predicted octanol–water partition coefficient (Wildman–Crippen LogP) is 4.61. The molecule has 0 fully saturated rings. The molecule has 0 aliphatic rings. The molecule has 22 heavy (non-hydrogen) atoms. The summed E-state index contributed by atoms with van der Waals surface area (Å²) in [7, 11) is 0. The fourth-order valence-corrected chi connectivity index (χ4v) is 2.54. The van der Waals surface area contributed by atoms with Gasteiger partial charge in [-0.2, -0.15) is 13.2 Å². The zero-order valence-electron chi connectivity index (χ0n) is 11.8. The number of hydrogen-bond donors (Lipinski definition) is 1. The van der Waals surface area contributed by atoms with E-state index < -0.39 is 11.7 Å². The first-order chi connectivity index (χ1) is 10.4. The maximum absolute atomic E-state index is 12.6. The maximum atomic E-state index is 12.6. The van der Waals surface area contributed by atoms with Gasteiger partial charge in [-0.15, -0.1) is 11.8 Å². The highest BCUT2D eigenvalue weighted by Crippen LogP contribution is 2.30. The van der Waals surface area contributed by atoms with Crippen LogP contribution in [0.15, 0.2) is 53.4 Å². The van der Waals surface area contributed by atoms with Gasteiger partial charge in [-0.25, -0.2) is 0 Å². The third-order valence-electron chi connectivity index (χ3n) is 3.00. The average Bonchev–Trinajstić information content (AvgIpc) is 2.47. The number of halogens is 3. The predicted molar refractivity (Wildman–Crippen MR) is 82.0 cm³/mol. The molecule has 0 aliphatic carbocycles. The van der Waals surface area contributed by atoms with Crippen LogP contribution >= 0.6 is 11.8 Å². The van der Waals surface area contributed by atoms with Crippen LogP contribution in [0.5, 0.6) is 0 Å². The average molecular weight is 325 g/mol. The van der Waals surface area contributed by atoms with Gasteiger partial charge >= 0.3 is 6.18 Å². The highest BCUT2D eigenvalue weighted by molar-refractivity contribution is 7.98. The lowest BCUT2D eigenvalue weighted by Crippen LogP contribution is -2.15. The summed E-state index contributed by atoms with van der Waals surface area (Å²) >= 11 is 1.49. The summed E-state index contributed by atoms with van der Waals surface area (Å²) in [5.74, 6) is -0.346. The molecule has 0 radical (unpaired) electrons. The number of thioether (sulfide) groups is 1. The van der Waals surface area contributed by atoms with E-state index in [1.54, 1.807) is 12.1 Å². The van der Waals surface area contributed by atoms with E-state index in [1.165, 1.54) is 23.9 Å². The molecule has 0 heterocycles. The summed E-state index contributed by atoms with van der Waals surface area (Å²) in [6, 6.07) is 12.1. The molecule has 0 saturated heterocycles. The van der Waals surface area contributed by atoms with Gasteiger partial charge in [-0.3, -0.25) is 4.79 Å². The van der Waals surface area contributed by atoms with Crippen LogP contribution < -0.4 is 5.32 Å². The van der Waals surface area contributed by atoms with E-state index in [1.807, 2.05) is 18.4 Å². The van der Waals surface area contributed by atoms with Crippen molar-refractivity contribution in [2.24, 2.45) is 0 Å². The Balaban J connectivity index is 2.09. The molecular weight excluding hydrogens is 311 g/mol. The molecular formula is C16H14F3NOS.